The van der Waals surface area contributed by atoms with Crippen molar-refractivity contribution in [3.8, 4) is 11.7 Å². The van der Waals surface area contributed by atoms with Crippen molar-refractivity contribution in [1.82, 2.24) is 9.78 Å². The topological polar surface area (TPSA) is 95.3 Å². The van der Waals surface area contributed by atoms with E-state index < -0.39 is 15.6 Å². The van der Waals surface area contributed by atoms with Crippen LogP contribution in [0, 0.1) is 0 Å². The molecule has 0 radical (unpaired) electrons. The largest absolute Gasteiger partial charge is 0.459 e. The molecule has 2 rings (SSSR count). The molecule has 7 nitrogen and oxygen atoms in total. The van der Waals surface area contributed by atoms with Crippen LogP contribution in [-0.2, 0) is 16.4 Å². The van der Waals surface area contributed by atoms with Crippen molar-refractivity contribution in [3.05, 3.63) is 28.9 Å². The minimum absolute atomic E-state index is 0.0356. The van der Waals surface area contributed by atoms with Gasteiger partial charge in [0.05, 0.1) is 18.6 Å². The van der Waals surface area contributed by atoms with E-state index in [-0.39, 0.29) is 18.2 Å². The smallest absolute Gasteiger partial charge is 0.437 e. The molecule has 2 aromatic rings. The minimum Gasteiger partial charge on any atom is -0.459 e. The lowest BCUT2D eigenvalue weighted by atomic mass is 10.5. The van der Waals surface area contributed by atoms with Crippen LogP contribution in [0.3, 0.4) is 0 Å². The molecule has 17 heavy (non-hydrogen) atoms. The van der Waals surface area contributed by atoms with E-state index in [1.807, 2.05) is 0 Å². The van der Waals surface area contributed by atoms with E-state index in [0.29, 0.717) is 5.76 Å². The summed E-state index contributed by atoms with van der Waals surface area (Å²) < 4.78 is 32.7. The molecule has 0 aliphatic carbocycles. The van der Waals surface area contributed by atoms with Crippen LogP contribution in [0.5, 0.6) is 0 Å². The summed E-state index contributed by atoms with van der Waals surface area (Å²) in [5.74, 6) is -0.523. The van der Waals surface area contributed by atoms with Crippen LogP contribution in [0.25, 0.3) is 11.7 Å². The zero-order valence-electron chi connectivity index (χ0n) is 8.99. The molecule has 0 aliphatic heterocycles. The third-order valence-electron chi connectivity index (χ3n) is 2.01. The monoisotopic (exact) mass is 258 g/mol. The fourth-order valence-electron chi connectivity index (χ4n) is 1.20. The quantitative estimate of drug-likeness (QED) is 0.774. The Morgan fingerprint density at radius 2 is 2.24 bits per heavy atom. The second-order valence-electron chi connectivity index (χ2n) is 3.50. The number of hydrogen-bond acceptors (Lipinski definition) is 6. The van der Waals surface area contributed by atoms with Crippen molar-refractivity contribution in [2.75, 3.05) is 12.0 Å². The second kappa shape index (κ2) is 4.21. The molecule has 0 N–H and O–H groups in total. The molecule has 2 heterocycles. The Hall–Kier alpha value is -1.83. The summed E-state index contributed by atoms with van der Waals surface area (Å²) in [7, 11) is -3.15. The van der Waals surface area contributed by atoms with Gasteiger partial charge in [-0.15, -0.1) is 5.10 Å². The third kappa shape index (κ3) is 2.84. The first-order chi connectivity index (χ1) is 7.96. The number of furan rings is 1. The van der Waals surface area contributed by atoms with E-state index >= 15 is 0 Å². The maximum Gasteiger partial charge on any atom is 0.437 e. The van der Waals surface area contributed by atoms with Crippen LogP contribution in [0.1, 0.15) is 0 Å². The summed E-state index contributed by atoms with van der Waals surface area (Å²) in [4.78, 5) is 11.3. The molecule has 0 spiro atoms. The lowest BCUT2D eigenvalue weighted by Gasteiger charge is -1.95. The first-order valence-electron chi connectivity index (χ1n) is 4.75. The fourth-order valence-corrected chi connectivity index (χ4v) is 1.70. The molecule has 0 saturated heterocycles. The molecule has 0 saturated carbocycles. The molecule has 92 valence electrons. The highest BCUT2D eigenvalue weighted by atomic mass is 32.2. The Labute approximate surface area is 96.6 Å². The van der Waals surface area contributed by atoms with E-state index in [1.165, 1.54) is 6.26 Å². The summed E-state index contributed by atoms with van der Waals surface area (Å²) in [5, 5.41) is 3.83. The number of aryl methyl sites for hydroxylation is 1. The van der Waals surface area contributed by atoms with Gasteiger partial charge in [-0.1, -0.05) is 0 Å². The van der Waals surface area contributed by atoms with Gasteiger partial charge in [-0.25, -0.2) is 13.2 Å². The zero-order chi connectivity index (χ0) is 12.5. The van der Waals surface area contributed by atoms with Crippen molar-refractivity contribution < 1.29 is 17.3 Å². The van der Waals surface area contributed by atoms with Crippen molar-refractivity contribution >= 4 is 9.84 Å². The van der Waals surface area contributed by atoms with Gasteiger partial charge >= 0.3 is 5.76 Å². The SMILES string of the molecule is CS(=O)(=O)CCn1nc(-c2ccco2)oc1=O. The van der Waals surface area contributed by atoms with E-state index in [9.17, 15) is 13.2 Å². The van der Waals surface area contributed by atoms with Crippen LogP contribution in [0.2, 0.25) is 0 Å². The van der Waals surface area contributed by atoms with Crippen LogP contribution >= 0.6 is 0 Å². The van der Waals surface area contributed by atoms with Gasteiger partial charge in [0, 0.05) is 6.26 Å². The van der Waals surface area contributed by atoms with Crippen LogP contribution < -0.4 is 5.76 Å². The van der Waals surface area contributed by atoms with Gasteiger partial charge in [-0.3, -0.25) is 0 Å². The van der Waals surface area contributed by atoms with Crippen molar-refractivity contribution in [1.29, 1.82) is 0 Å². The molecular formula is C9H10N2O5S. The molecule has 0 aromatic carbocycles. The van der Waals surface area contributed by atoms with Gasteiger partial charge < -0.3 is 8.83 Å². The van der Waals surface area contributed by atoms with E-state index in [0.717, 1.165) is 10.9 Å². The van der Waals surface area contributed by atoms with Gasteiger partial charge in [0.25, 0.3) is 5.89 Å². The average Bonchev–Trinajstić information content (AvgIpc) is 2.82. The summed E-state index contributed by atoms with van der Waals surface area (Å²) in [6.07, 6.45) is 2.51. The highest BCUT2D eigenvalue weighted by Gasteiger charge is 2.13. The predicted octanol–water partition coefficient (Wildman–Crippen LogP) is 0.141. The van der Waals surface area contributed by atoms with Crippen molar-refractivity contribution in [2.24, 2.45) is 0 Å². The van der Waals surface area contributed by atoms with E-state index in [2.05, 4.69) is 5.10 Å². The standard InChI is InChI=1S/C9H10N2O5S/c1-17(13,14)6-4-11-9(12)16-8(10-11)7-3-2-5-15-7/h2-3,5H,4,6H2,1H3. The maximum absolute atomic E-state index is 11.3. The molecule has 0 atom stereocenters. The third-order valence-corrected chi connectivity index (χ3v) is 2.94. The minimum atomic E-state index is -3.15. The van der Waals surface area contributed by atoms with Crippen LogP contribution in [0.15, 0.2) is 32.0 Å². The van der Waals surface area contributed by atoms with Crippen molar-refractivity contribution in [3.63, 3.8) is 0 Å². The summed E-state index contributed by atoms with van der Waals surface area (Å²) in [5.41, 5.74) is 0. The lowest BCUT2D eigenvalue weighted by molar-refractivity contribution is 0.473. The average molecular weight is 258 g/mol. The number of nitrogens with zero attached hydrogens (tertiary/aromatic N) is 2. The van der Waals surface area contributed by atoms with Gasteiger partial charge in [0.1, 0.15) is 9.84 Å². The lowest BCUT2D eigenvalue weighted by Crippen LogP contribution is -2.21. The summed E-state index contributed by atoms with van der Waals surface area (Å²) in [6.45, 7) is -0.0398. The van der Waals surface area contributed by atoms with Crippen molar-refractivity contribution in [2.45, 2.75) is 6.54 Å². The van der Waals surface area contributed by atoms with Gasteiger partial charge in [-0.05, 0) is 12.1 Å². The van der Waals surface area contributed by atoms with Crippen LogP contribution in [-0.4, -0.2) is 30.2 Å². The first-order valence-corrected chi connectivity index (χ1v) is 6.81. The highest BCUT2D eigenvalue weighted by Crippen LogP contribution is 2.14. The van der Waals surface area contributed by atoms with Gasteiger partial charge in [0.15, 0.2) is 5.76 Å². The van der Waals surface area contributed by atoms with E-state index in [1.54, 1.807) is 12.1 Å². The Bertz CT molecular complexity index is 650. The summed E-state index contributed by atoms with van der Waals surface area (Å²) in [6, 6.07) is 3.22. The second-order valence-corrected chi connectivity index (χ2v) is 5.76. The molecular weight excluding hydrogens is 248 g/mol. The van der Waals surface area contributed by atoms with Crippen LogP contribution in [0.4, 0.5) is 0 Å². The normalized spacial score (nSPS) is 11.8. The number of aromatic nitrogens is 2. The number of rotatable bonds is 4. The fraction of sp³-hybridized carbons (Fsp3) is 0.333. The maximum atomic E-state index is 11.3. The molecule has 0 amide bonds. The Balaban J connectivity index is 2.23. The Kier molecular flexibility index (Phi) is 2.88. The Morgan fingerprint density at radius 3 is 2.82 bits per heavy atom. The van der Waals surface area contributed by atoms with E-state index in [4.69, 9.17) is 8.83 Å². The highest BCUT2D eigenvalue weighted by molar-refractivity contribution is 7.90. The molecule has 0 aliphatic rings. The first kappa shape index (κ1) is 11.6. The number of sulfone groups is 1. The van der Waals surface area contributed by atoms with Gasteiger partial charge in [-0.2, -0.15) is 4.68 Å². The molecule has 8 heteroatoms. The summed E-state index contributed by atoms with van der Waals surface area (Å²) >= 11 is 0. The zero-order valence-corrected chi connectivity index (χ0v) is 9.81. The molecule has 0 unspecified atom stereocenters. The van der Waals surface area contributed by atoms with Gasteiger partial charge in [0.2, 0.25) is 0 Å². The molecule has 0 fully saturated rings. The Morgan fingerprint density at radius 1 is 1.47 bits per heavy atom. The molecule has 0 bridgehead atoms. The number of hydrogen-bond donors (Lipinski definition) is 0. The predicted molar refractivity (Wildman–Crippen MR) is 58.2 cm³/mol. The molecule has 2 aromatic heterocycles.